The molecule has 118 valence electrons. The lowest BCUT2D eigenvalue weighted by Crippen LogP contribution is -2.30. The lowest BCUT2D eigenvalue weighted by Gasteiger charge is -2.15. The van der Waals surface area contributed by atoms with E-state index >= 15 is 0 Å². The number of nitrogens with one attached hydrogen (secondary N) is 1. The monoisotopic (exact) mass is 327 g/mol. The van der Waals surface area contributed by atoms with Crippen molar-refractivity contribution in [3.8, 4) is 0 Å². The summed E-state index contributed by atoms with van der Waals surface area (Å²) in [6.45, 7) is 5.21. The molecule has 2 nitrogen and oxygen atoms in total. The average molecular weight is 328 g/mol. The molecule has 21 heavy (non-hydrogen) atoms. The maximum atomic E-state index is 11.8. The minimum Gasteiger partial charge on any atom is -0.355 e. The van der Waals surface area contributed by atoms with Gasteiger partial charge in [0, 0.05) is 17.3 Å². The lowest BCUT2D eigenvalue weighted by molar-refractivity contribution is -0.118. The minimum atomic E-state index is 0.136. The zero-order chi connectivity index (χ0) is 15.5. The van der Waals surface area contributed by atoms with Crippen LogP contribution in [0.3, 0.4) is 0 Å². The molecule has 0 bridgehead atoms. The van der Waals surface area contributed by atoms with E-state index in [4.69, 9.17) is 11.6 Å². The van der Waals surface area contributed by atoms with Gasteiger partial charge in [0.25, 0.3) is 0 Å². The molecular weight excluding hydrogens is 302 g/mol. The molecule has 0 saturated carbocycles. The quantitative estimate of drug-likeness (QED) is 0.661. The van der Waals surface area contributed by atoms with E-state index in [-0.39, 0.29) is 5.91 Å². The highest BCUT2D eigenvalue weighted by Crippen LogP contribution is 2.16. The number of hydrogen-bond donors (Lipinski definition) is 1. The van der Waals surface area contributed by atoms with Crippen molar-refractivity contribution >= 4 is 29.3 Å². The van der Waals surface area contributed by atoms with Crippen molar-refractivity contribution in [2.24, 2.45) is 5.92 Å². The summed E-state index contributed by atoms with van der Waals surface area (Å²) in [5.74, 6) is 2.08. The van der Waals surface area contributed by atoms with Crippen molar-refractivity contribution in [2.45, 2.75) is 45.3 Å². The van der Waals surface area contributed by atoms with E-state index in [1.54, 1.807) is 11.8 Å². The Bertz CT molecular complexity index is 425. The third kappa shape index (κ3) is 8.37. The maximum absolute atomic E-state index is 11.8. The largest absolute Gasteiger partial charge is 0.355 e. The van der Waals surface area contributed by atoms with Gasteiger partial charge in [-0.25, -0.2) is 0 Å². The molecule has 0 spiro atoms. The number of halogens is 1. The van der Waals surface area contributed by atoms with Gasteiger partial charge in [0.1, 0.15) is 0 Å². The van der Waals surface area contributed by atoms with Crippen LogP contribution in [0.2, 0.25) is 5.02 Å². The molecule has 1 atom stereocenters. The van der Waals surface area contributed by atoms with Crippen molar-refractivity contribution in [2.75, 3.05) is 12.3 Å². The molecule has 0 aliphatic carbocycles. The summed E-state index contributed by atoms with van der Waals surface area (Å²) in [6.07, 6.45) is 4.82. The molecule has 0 fully saturated rings. The summed E-state index contributed by atoms with van der Waals surface area (Å²) < 4.78 is 0. The number of amides is 1. The van der Waals surface area contributed by atoms with Crippen molar-refractivity contribution in [1.29, 1.82) is 0 Å². The molecule has 1 rings (SSSR count). The Morgan fingerprint density at radius 1 is 1.38 bits per heavy atom. The van der Waals surface area contributed by atoms with Gasteiger partial charge in [0.05, 0.1) is 5.75 Å². The summed E-state index contributed by atoms with van der Waals surface area (Å²) in [6, 6.07) is 7.79. The minimum absolute atomic E-state index is 0.136. The molecule has 0 radical (unpaired) electrons. The van der Waals surface area contributed by atoms with Crippen molar-refractivity contribution in [3.05, 3.63) is 34.9 Å². The highest BCUT2D eigenvalue weighted by atomic mass is 35.5. The Hall–Kier alpha value is -0.670. The van der Waals surface area contributed by atoms with Gasteiger partial charge in [-0.2, -0.15) is 0 Å². The molecular formula is C17H26ClNOS. The van der Waals surface area contributed by atoms with Gasteiger partial charge in [0.15, 0.2) is 0 Å². The van der Waals surface area contributed by atoms with Gasteiger partial charge in [0.2, 0.25) is 5.91 Å². The smallest absolute Gasteiger partial charge is 0.230 e. The van der Waals surface area contributed by atoms with Gasteiger partial charge in [-0.15, -0.1) is 11.8 Å². The van der Waals surface area contributed by atoms with Crippen LogP contribution < -0.4 is 5.32 Å². The van der Waals surface area contributed by atoms with Gasteiger partial charge in [-0.3, -0.25) is 4.79 Å². The standard InChI is InChI=1S/C17H26ClNOS/c1-3-5-7-14(4-2)11-19-17(20)13-21-12-15-8-6-9-16(18)10-15/h6,8-10,14H,3-5,7,11-13H2,1-2H3,(H,19,20). The van der Waals surface area contributed by atoms with Crippen LogP contribution in [0.4, 0.5) is 0 Å². The van der Waals surface area contributed by atoms with E-state index in [1.807, 2.05) is 24.3 Å². The second-order valence-corrected chi connectivity index (χ2v) is 6.77. The average Bonchev–Trinajstić information content (AvgIpc) is 2.47. The van der Waals surface area contributed by atoms with Crippen molar-refractivity contribution in [1.82, 2.24) is 5.32 Å². The summed E-state index contributed by atoms with van der Waals surface area (Å²) in [5, 5.41) is 3.80. The van der Waals surface area contributed by atoms with E-state index < -0.39 is 0 Å². The predicted octanol–water partition coefficient (Wildman–Crippen LogP) is 4.91. The fraction of sp³-hybridized carbons (Fsp3) is 0.588. The SMILES string of the molecule is CCCCC(CC)CNC(=O)CSCc1cccc(Cl)c1. The lowest BCUT2D eigenvalue weighted by atomic mass is 9.99. The first kappa shape index (κ1) is 18.4. The fourth-order valence-corrected chi connectivity index (χ4v) is 3.16. The highest BCUT2D eigenvalue weighted by molar-refractivity contribution is 7.99. The third-order valence-corrected chi connectivity index (χ3v) is 4.76. The van der Waals surface area contributed by atoms with E-state index in [1.165, 1.54) is 19.3 Å². The van der Waals surface area contributed by atoms with Gasteiger partial charge in [-0.1, -0.05) is 56.8 Å². The van der Waals surface area contributed by atoms with E-state index in [9.17, 15) is 4.79 Å². The summed E-state index contributed by atoms with van der Waals surface area (Å²) >= 11 is 7.57. The first-order valence-electron chi connectivity index (χ1n) is 7.74. The van der Waals surface area contributed by atoms with Crippen LogP contribution in [0.25, 0.3) is 0 Å². The normalized spacial score (nSPS) is 12.1. The molecule has 1 amide bonds. The first-order valence-corrected chi connectivity index (χ1v) is 9.27. The summed E-state index contributed by atoms with van der Waals surface area (Å²) in [4.78, 5) is 11.8. The molecule has 0 heterocycles. The molecule has 0 saturated heterocycles. The molecule has 0 aliphatic heterocycles. The number of benzene rings is 1. The van der Waals surface area contributed by atoms with Crippen LogP contribution >= 0.6 is 23.4 Å². The second-order valence-electron chi connectivity index (χ2n) is 5.34. The van der Waals surface area contributed by atoms with Crippen LogP contribution in [0.5, 0.6) is 0 Å². The predicted molar refractivity (Wildman–Crippen MR) is 93.9 cm³/mol. The third-order valence-electron chi connectivity index (χ3n) is 3.52. The molecule has 1 aromatic rings. The zero-order valence-corrected chi connectivity index (χ0v) is 14.6. The van der Waals surface area contributed by atoms with Gasteiger partial charge < -0.3 is 5.32 Å². The number of unbranched alkanes of at least 4 members (excludes halogenated alkanes) is 1. The molecule has 1 aromatic carbocycles. The van der Waals surface area contributed by atoms with Crippen LogP contribution in [0.15, 0.2) is 24.3 Å². The Morgan fingerprint density at radius 2 is 2.19 bits per heavy atom. The van der Waals surface area contributed by atoms with Crippen LogP contribution in [-0.4, -0.2) is 18.2 Å². The Labute approximate surface area is 138 Å². The fourth-order valence-electron chi connectivity index (χ4n) is 2.14. The number of thioether (sulfide) groups is 1. The summed E-state index contributed by atoms with van der Waals surface area (Å²) in [5.41, 5.74) is 1.16. The van der Waals surface area contributed by atoms with E-state index in [2.05, 4.69) is 19.2 Å². The van der Waals surface area contributed by atoms with Crippen LogP contribution in [0, 0.1) is 5.92 Å². The molecule has 0 aromatic heterocycles. The van der Waals surface area contributed by atoms with Crippen molar-refractivity contribution < 1.29 is 4.79 Å². The van der Waals surface area contributed by atoms with E-state index in [0.717, 1.165) is 29.3 Å². The van der Waals surface area contributed by atoms with Gasteiger partial charge >= 0.3 is 0 Å². The highest BCUT2D eigenvalue weighted by Gasteiger charge is 2.08. The van der Waals surface area contributed by atoms with E-state index in [0.29, 0.717) is 11.7 Å². The topological polar surface area (TPSA) is 29.1 Å². The molecule has 1 unspecified atom stereocenters. The maximum Gasteiger partial charge on any atom is 0.230 e. The molecule has 0 aliphatic rings. The number of carbonyl (C=O) groups is 1. The Kier molecular flexibility index (Phi) is 9.60. The number of hydrogen-bond acceptors (Lipinski definition) is 2. The number of rotatable bonds is 10. The molecule has 1 N–H and O–H groups in total. The first-order chi connectivity index (χ1) is 10.2. The van der Waals surface area contributed by atoms with Gasteiger partial charge in [-0.05, 0) is 30.0 Å². The Morgan fingerprint density at radius 3 is 2.86 bits per heavy atom. The van der Waals surface area contributed by atoms with Crippen LogP contribution in [-0.2, 0) is 10.5 Å². The number of carbonyl (C=O) groups excluding carboxylic acids is 1. The zero-order valence-electron chi connectivity index (χ0n) is 13.0. The Balaban J connectivity index is 2.18. The molecule has 4 heteroatoms. The van der Waals surface area contributed by atoms with Crippen LogP contribution in [0.1, 0.15) is 45.1 Å². The second kappa shape index (κ2) is 11.0. The summed E-state index contributed by atoms with van der Waals surface area (Å²) in [7, 11) is 0. The van der Waals surface area contributed by atoms with Crippen molar-refractivity contribution in [3.63, 3.8) is 0 Å².